The van der Waals surface area contributed by atoms with Gasteiger partial charge in [-0.2, -0.15) is 0 Å². The smallest absolute Gasteiger partial charge is 0.203 e. The molecule has 2 aromatic carbocycles. The molecule has 0 saturated heterocycles. The van der Waals surface area contributed by atoms with Gasteiger partial charge in [0.2, 0.25) is 5.75 Å². The van der Waals surface area contributed by atoms with Gasteiger partial charge in [0.15, 0.2) is 29.1 Å². The molecule has 0 saturated carbocycles. The molecule has 0 heterocycles. The molecule has 2 rings (SSSR count). The van der Waals surface area contributed by atoms with Crippen LogP contribution in [0.3, 0.4) is 0 Å². The fraction of sp³-hybridized carbons (Fsp3) is 0.333. The van der Waals surface area contributed by atoms with E-state index in [-0.39, 0.29) is 17.2 Å². The highest BCUT2D eigenvalue weighted by Crippen LogP contribution is 2.39. The van der Waals surface area contributed by atoms with E-state index in [1.165, 1.54) is 39.5 Å². The van der Waals surface area contributed by atoms with Crippen LogP contribution in [0.4, 0.5) is 0 Å². The van der Waals surface area contributed by atoms with Gasteiger partial charge in [0.1, 0.15) is 6.10 Å². The van der Waals surface area contributed by atoms with Crippen LogP contribution in [0.2, 0.25) is 0 Å². The Bertz CT molecular complexity index is 680. The molecule has 0 radical (unpaired) electrons. The lowest BCUT2D eigenvalue weighted by Gasteiger charge is -2.25. The summed E-state index contributed by atoms with van der Waals surface area (Å²) in [5.74, 6) is 1.26. The molecule has 0 spiro atoms. The molecule has 0 unspecified atom stereocenters. The Kier molecular flexibility index (Phi) is 6.32. The number of methoxy groups -OCH3 is 3. The predicted octanol–water partition coefficient (Wildman–Crippen LogP) is 1.89. The summed E-state index contributed by atoms with van der Waals surface area (Å²) in [5.41, 5.74) is 0.419. The van der Waals surface area contributed by atoms with E-state index >= 15 is 0 Å². The predicted molar refractivity (Wildman–Crippen MR) is 90.7 cm³/mol. The molecule has 0 fully saturated rings. The van der Waals surface area contributed by atoms with E-state index < -0.39 is 18.8 Å². The van der Waals surface area contributed by atoms with Gasteiger partial charge in [0, 0.05) is 0 Å². The zero-order valence-electron chi connectivity index (χ0n) is 14.3. The maximum atomic E-state index is 10.6. The quantitative estimate of drug-likeness (QED) is 0.669. The second kappa shape index (κ2) is 8.46. The van der Waals surface area contributed by atoms with Crippen molar-refractivity contribution in [2.24, 2.45) is 0 Å². The monoisotopic (exact) mass is 350 g/mol. The fourth-order valence-electron chi connectivity index (χ4n) is 2.38. The molecule has 0 bridgehead atoms. The van der Waals surface area contributed by atoms with E-state index in [1.54, 1.807) is 18.2 Å². The number of phenolic OH excluding ortho intramolecular Hbond substituents is 1. The van der Waals surface area contributed by atoms with Crippen LogP contribution >= 0.6 is 0 Å². The molecule has 0 amide bonds. The number of aliphatic hydroxyl groups is 2. The van der Waals surface area contributed by atoms with Crippen LogP contribution in [0.5, 0.6) is 28.7 Å². The van der Waals surface area contributed by atoms with Gasteiger partial charge in [-0.05, 0) is 29.8 Å². The summed E-state index contributed by atoms with van der Waals surface area (Å²) in [4.78, 5) is 0. The third-order valence-corrected chi connectivity index (χ3v) is 3.73. The van der Waals surface area contributed by atoms with E-state index in [9.17, 15) is 15.3 Å². The highest BCUT2D eigenvalue weighted by Gasteiger charge is 2.26. The van der Waals surface area contributed by atoms with Crippen molar-refractivity contribution < 1.29 is 34.3 Å². The number of phenols is 1. The van der Waals surface area contributed by atoms with Gasteiger partial charge >= 0.3 is 0 Å². The number of hydrogen-bond donors (Lipinski definition) is 3. The van der Waals surface area contributed by atoms with Crippen LogP contribution in [0.15, 0.2) is 36.4 Å². The van der Waals surface area contributed by atoms with Crippen molar-refractivity contribution in [3.8, 4) is 28.7 Å². The first-order chi connectivity index (χ1) is 12.0. The van der Waals surface area contributed by atoms with Crippen molar-refractivity contribution >= 4 is 0 Å². The Morgan fingerprint density at radius 1 is 0.920 bits per heavy atom. The number of hydrogen-bond acceptors (Lipinski definition) is 7. The second-order valence-corrected chi connectivity index (χ2v) is 5.21. The minimum absolute atomic E-state index is 0.0497. The van der Waals surface area contributed by atoms with Crippen molar-refractivity contribution in [3.63, 3.8) is 0 Å². The van der Waals surface area contributed by atoms with Crippen LogP contribution in [0.25, 0.3) is 0 Å². The van der Waals surface area contributed by atoms with Gasteiger partial charge in [-0.25, -0.2) is 0 Å². The molecular weight excluding hydrogens is 328 g/mol. The average molecular weight is 350 g/mol. The summed E-state index contributed by atoms with van der Waals surface area (Å²) in [7, 11) is 4.37. The van der Waals surface area contributed by atoms with Gasteiger partial charge in [0.05, 0.1) is 27.9 Å². The van der Waals surface area contributed by atoms with E-state index in [0.717, 1.165) is 0 Å². The molecule has 2 atom stereocenters. The van der Waals surface area contributed by atoms with Gasteiger partial charge in [0.25, 0.3) is 0 Å². The summed E-state index contributed by atoms with van der Waals surface area (Å²) in [6.07, 6.45) is -2.16. The highest BCUT2D eigenvalue weighted by molar-refractivity contribution is 5.51. The maximum Gasteiger partial charge on any atom is 0.203 e. The Morgan fingerprint density at radius 2 is 1.52 bits per heavy atom. The number of benzene rings is 2. The SMILES string of the molecule is COc1cc([C@@H](O)[C@H](CO)Oc2c(OC)cccc2OC)ccc1O. The maximum absolute atomic E-state index is 10.6. The van der Waals surface area contributed by atoms with E-state index in [2.05, 4.69) is 0 Å². The first kappa shape index (κ1) is 18.7. The summed E-state index contributed by atoms with van der Waals surface area (Å²) < 4.78 is 21.3. The molecule has 2 aromatic rings. The lowest BCUT2D eigenvalue weighted by Crippen LogP contribution is -2.29. The number of aliphatic hydroxyl groups excluding tert-OH is 2. The topological polar surface area (TPSA) is 97.6 Å². The molecule has 0 aromatic heterocycles. The fourth-order valence-corrected chi connectivity index (χ4v) is 2.38. The summed E-state index contributed by atoms with van der Waals surface area (Å²) in [6, 6.07) is 9.50. The van der Waals surface area contributed by atoms with Crippen LogP contribution in [0.1, 0.15) is 11.7 Å². The molecule has 0 aliphatic carbocycles. The van der Waals surface area contributed by atoms with Gasteiger partial charge in [-0.1, -0.05) is 12.1 Å². The Balaban J connectivity index is 2.31. The Hall–Kier alpha value is -2.64. The lowest BCUT2D eigenvalue weighted by molar-refractivity contribution is -0.00174. The van der Waals surface area contributed by atoms with Gasteiger partial charge < -0.3 is 34.3 Å². The van der Waals surface area contributed by atoms with Crippen molar-refractivity contribution in [2.45, 2.75) is 12.2 Å². The largest absolute Gasteiger partial charge is 0.504 e. The van der Waals surface area contributed by atoms with Crippen molar-refractivity contribution in [3.05, 3.63) is 42.0 Å². The molecule has 0 aliphatic rings. The van der Waals surface area contributed by atoms with Crippen LogP contribution < -0.4 is 18.9 Å². The van der Waals surface area contributed by atoms with E-state index in [4.69, 9.17) is 18.9 Å². The molecular formula is C18H22O7. The standard InChI is InChI=1S/C18H22O7/c1-22-13-5-4-6-14(23-2)18(13)25-16(10-19)17(21)11-7-8-12(20)15(9-11)24-3/h4-9,16-17,19-21H,10H2,1-3H3/t16-,17+/m0/s1. The van der Waals surface area contributed by atoms with Crippen molar-refractivity contribution in [1.82, 2.24) is 0 Å². The Morgan fingerprint density at radius 3 is 2.04 bits per heavy atom. The number of rotatable bonds is 8. The normalized spacial score (nSPS) is 13.0. The van der Waals surface area contributed by atoms with Crippen LogP contribution in [-0.4, -0.2) is 49.4 Å². The summed E-state index contributed by atoms with van der Waals surface area (Å²) in [6.45, 7) is -0.453. The Labute approximate surface area is 146 Å². The first-order valence-electron chi connectivity index (χ1n) is 7.59. The summed E-state index contributed by atoms with van der Waals surface area (Å²) in [5, 5.41) is 29.9. The molecule has 136 valence electrons. The van der Waals surface area contributed by atoms with E-state index in [1.807, 2.05) is 0 Å². The first-order valence-corrected chi connectivity index (χ1v) is 7.59. The van der Waals surface area contributed by atoms with Gasteiger partial charge in [-0.3, -0.25) is 0 Å². The van der Waals surface area contributed by atoms with Crippen LogP contribution in [-0.2, 0) is 0 Å². The number of aromatic hydroxyl groups is 1. The van der Waals surface area contributed by atoms with Crippen molar-refractivity contribution in [2.75, 3.05) is 27.9 Å². The number of ether oxygens (including phenoxy) is 4. The third kappa shape index (κ3) is 4.07. The molecule has 0 aliphatic heterocycles. The minimum atomic E-state index is -1.17. The molecule has 7 nitrogen and oxygen atoms in total. The lowest BCUT2D eigenvalue weighted by atomic mass is 10.0. The van der Waals surface area contributed by atoms with E-state index in [0.29, 0.717) is 17.1 Å². The molecule has 3 N–H and O–H groups in total. The number of para-hydroxylation sites is 1. The third-order valence-electron chi connectivity index (χ3n) is 3.73. The zero-order chi connectivity index (χ0) is 18.4. The molecule has 7 heteroatoms. The van der Waals surface area contributed by atoms with Crippen molar-refractivity contribution in [1.29, 1.82) is 0 Å². The molecule has 25 heavy (non-hydrogen) atoms. The highest BCUT2D eigenvalue weighted by atomic mass is 16.6. The average Bonchev–Trinajstić information content (AvgIpc) is 2.65. The summed E-state index contributed by atoms with van der Waals surface area (Å²) >= 11 is 0. The zero-order valence-corrected chi connectivity index (χ0v) is 14.3. The van der Waals surface area contributed by atoms with Gasteiger partial charge in [-0.15, -0.1) is 0 Å². The minimum Gasteiger partial charge on any atom is -0.504 e. The second-order valence-electron chi connectivity index (χ2n) is 5.21. The van der Waals surface area contributed by atoms with Crippen LogP contribution in [0, 0.1) is 0 Å².